The molecule has 1 N–H and O–H groups in total. The monoisotopic (exact) mass is 246 g/mol. The maximum absolute atomic E-state index is 9.31. The molecule has 1 fully saturated rings. The highest BCUT2D eigenvalue weighted by molar-refractivity contribution is 7.09. The van der Waals surface area contributed by atoms with Gasteiger partial charge in [-0.25, -0.2) is 4.98 Å². The van der Waals surface area contributed by atoms with E-state index in [1.807, 2.05) is 12.1 Å². The summed E-state index contributed by atoms with van der Waals surface area (Å²) in [7, 11) is 0. The van der Waals surface area contributed by atoms with E-state index in [4.69, 9.17) is 0 Å². The van der Waals surface area contributed by atoms with Gasteiger partial charge in [0, 0.05) is 36.4 Å². The third kappa shape index (κ3) is 2.23. The average Bonchev–Trinajstić information content (AvgIpc) is 3.00. The van der Waals surface area contributed by atoms with Crippen molar-refractivity contribution in [2.75, 3.05) is 6.61 Å². The number of aromatic nitrogens is 2. The molecule has 2 aromatic heterocycles. The second-order valence-corrected chi connectivity index (χ2v) is 5.64. The summed E-state index contributed by atoms with van der Waals surface area (Å²) in [6.45, 7) is 0.289. The summed E-state index contributed by atoms with van der Waals surface area (Å²) in [6, 6.07) is 3.94. The van der Waals surface area contributed by atoms with Gasteiger partial charge in [0.25, 0.3) is 0 Å². The molecule has 88 valence electrons. The van der Waals surface area contributed by atoms with Crippen LogP contribution in [0.4, 0.5) is 0 Å². The van der Waals surface area contributed by atoms with Gasteiger partial charge in [-0.3, -0.25) is 4.98 Å². The fraction of sp³-hybridized carbons (Fsp3) is 0.385. The van der Waals surface area contributed by atoms with Crippen molar-refractivity contribution < 1.29 is 5.11 Å². The molecule has 1 aliphatic carbocycles. The molecule has 0 amide bonds. The minimum absolute atomic E-state index is 0.146. The molecule has 17 heavy (non-hydrogen) atoms. The van der Waals surface area contributed by atoms with E-state index in [0.717, 1.165) is 35.5 Å². The maximum atomic E-state index is 9.31. The SMILES string of the molecule is OCC1(Cc2nc(-c3ccncc3)cs2)CC1. The number of hydrogen-bond donors (Lipinski definition) is 1. The Morgan fingerprint density at radius 1 is 1.29 bits per heavy atom. The Morgan fingerprint density at radius 2 is 2.06 bits per heavy atom. The van der Waals surface area contributed by atoms with Crippen molar-refractivity contribution in [3.63, 3.8) is 0 Å². The highest BCUT2D eigenvalue weighted by Crippen LogP contribution is 2.48. The Hall–Kier alpha value is -1.26. The Labute approximate surface area is 104 Å². The molecule has 0 unspecified atom stereocenters. The second-order valence-electron chi connectivity index (χ2n) is 4.70. The maximum Gasteiger partial charge on any atom is 0.0939 e. The molecular formula is C13H14N2OS. The lowest BCUT2D eigenvalue weighted by Gasteiger charge is -2.07. The van der Waals surface area contributed by atoms with Crippen LogP contribution in [0.15, 0.2) is 29.9 Å². The van der Waals surface area contributed by atoms with E-state index >= 15 is 0 Å². The van der Waals surface area contributed by atoms with Gasteiger partial charge in [-0.05, 0) is 30.4 Å². The van der Waals surface area contributed by atoms with Crippen molar-refractivity contribution in [2.45, 2.75) is 19.3 Å². The molecule has 0 bridgehead atoms. The minimum Gasteiger partial charge on any atom is -0.396 e. The quantitative estimate of drug-likeness (QED) is 0.901. The van der Waals surface area contributed by atoms with Crippen molar-refractivity contribution in [3.05, 3.63) is 34.9 Å². The van der Waals surface area contributed by atoms with E-state index < -0.39 is 0 Å². The van der Waals surface area contributed by atoms with Crippen molar-refractivity contribution in [3.8, 4) is 11.3 Å². The highest BCUT2D eigenvalue weighted by atomic mass is 32.1. The highest BCUT2D eigenvalue weighted by Gasteiger charge is 2.42. The van der Waals surface area contributed by atoms with Crippen LogP contribution in [0.25, 0.3) is 11.3 Å². The second kappa shape index (κ2) is 4.20. The fourth-order valence-electron chi connectivity index (χ4n) is 1.94. The van der Waals surface area contributed by atoms with Crippen LogP contribution < -0.4 is 0 Å². The number of aliphatic hydroxyl groups is 1. The number of thiazole rings is 1. The van der Waals surface area contributed by atoms with Crippen molar-refractivity contribution in [1.82, 2.24) is 9.97 Å². The molecule has 1 aliphatic rings. The van der Waals surface area contributed by atoms with E-state index in [-0.39, 0.29) is 12.0 Å². The number of rotatable bonds is 4. The lowest BCUT2D eigenvalue weighted by molar-refractivity contribution is 0.211. The summed E-state index contributed by atoms with van der Waals surface area (Å²) in [5, 5.41) is 12.5. The zero-order valence-corrected chi connectivity index (χ0v) is 10.3. The fourth-order valence-corrected chi connectivity index (χ4v) is 2.91. The van der Waals surface area contributed by atoms with Crippen molar-refractivity contribution >= 4 is 11.3 Å². The molecule has 0 atom stereocenters. The Kier molecular flexibility index (Phi) is 2.68. The summed E-state index contributed by atoms with van der Waals surface area (Å²) in [5.74, 6) is 0. The van der Waals surface area contributed by atoms with Crippen LogP contribution in [0.1, 0.15) is 17.8 Å². The topological polar surface area (TPSA) is 46.0 Å². The molecule has 0 aromatic carbocycles. The molecule has 2 heterocycles. The van der Waals surface area contributed by atoms with Crippen LogP contribution in [-0.4, -0.2) is 21.7 Å². The van der Waals surface area contributed by atoms with Gasteiger partial charge in [0.15, 0.2) is 0 Å². The van der Waals surface area contributed by atoms with E-state index in [0.29, 0.717) is 0 Å². The lowest BCUT2D eigenvalue weighted by atomic mass is 10.1. The Balaban J connectivity index is 1.79. The van der Waals surface area contributed by atoms with E-state index in [1.54, 1.807) is 23.7 Å². The van der Waals surface area contributed by atoms with Gasteiger partial charge in [-0.2, -0.15) is 0 Å². The van der Waals surface area contributed by atoms with Crippen LogP contribution in [0.5, 0.6) is 0 Å². The molecule has 0 radical (unpaired) electrons. The van der Waals surface area contributed by atoms with Crippen LogP contribution in [0, 0.1) is 5.41 Å². The smallest absolute Gasteiger partial charge is 0.0939 e. The Morgan fingerprint density at radius 3 is 2.71 bits per heavy atom. The van der Waals surface area contributed by atoms with Crippen LogP contribution in [0.2, 0.25) is 0 Å². The summed E-state index contributed by atoms with van der Waals surface area (Å²) >= 11 is 1.68. The third-order valence-corrected chi connectivity index (χ3v) is 4.20. The first-order chi connectivity index (χ1) is 8.31. The van der Waals surface area contributed by atoms with Gasteiger partial charge in [0.1, 0.15) is 0 Å². The van der Waals surface area contributed by atoms with Crippen LogP contribution >= 0.6 is 11.3 Å². The number of pyridine rings is 1. The molecule has 1 saturated carbocycles. The van der Waals surface area contributed by atoms with E-state index in [1.165, 1.54) is 0 Å². The summed E-state index contributed by atoms with van der Waals surface area (Å²) in [4.78, 5) is 8.64. The summed E-state index contributed by atoms with van der Waals surface area (Å²) < 4.78 is 0. The third-order valence-electron chi connectivity index (χ3n) is 3.35. The molecule has 0 aliphatic heterocycles. The Bertz CT molecular complexity index is 505. The van der Waals surface area contributed by atoms with E-state index in [2.05, 4.69) is 15.3 Å². The first-order valence-electron chi connectivity index (χ1n) is 5.77. The first-order valence-corrected chi connectivity index (χ1v) is 6.65. The van der Waals surface area contributed by atoms with Crippen molar-refractivity contribution in [1.29, 1.82) is 0 Å². The van der Waals surface area contributed by atoms with E-state index in [9.17, 15) is 5.11 Å². The minimum atomic E-state index is 0.146. The number of aliphatic hydroxyl groups excluding tert-OH is 1. The summed E-state index contributed by atoms with van der Waals surface area (Å²) in [6.07, 6.45) is 6.75. The van der Waals surface area contributed by atoms with Crippen LogP contribution in [0.3, 0.4) is 0 Å². The molecule has 0 spiro atoms. The molecular weight excluding hydrogens is 232 g/mol. The normalized spacial score (nSPS) is 17.0. The predicted molar refractivity (Wildman–Crippen MR) is 67.8 cm³/mol. The van der Waals surface area contributed by atoms with Gasteiger partial charge in [0.05, 0.1) is 10.7 Å². The van der Waals surface area contributed by atoms with Crippen LogP contribution in [-0.2, 0) is 6.42 Å². The average molecular weight is 246 g/mol. The predicted octanol–water partition coefficient (Wildman–Crippen LogP) is 2.52. The largest absolute Gasteiger partial charge is 0.396 e. The van der Waals surface area contributed by atoms with Gasteiger partial charge < -0.3 is 5.11 Å². The van der Waals surface area contributed by atoms with Gasteiger partial charge in [-0.1, -0.05) is 0 Å². The first kappa shape index (κ1) is 10.9. The molecule has 0 saturated heterocycles. The van der Waals surface area contributed by atoms with Gasteiger partial charge >= 0.3 is 0 Å². The zero-order valence-electron chi connectivity index (χ0n) is 9.47. The molecule has 3 nitrogen and oxygen atoms in total. The van der Waals surface area contributed by atoms with Gasteiger partial charge in [-0.15, -0.1) is 11.3 Å². The number of hydrogen-bond acceptors (Lipinski definition) is 4. The summed E-state index contributed by atoms with van der Waals surface area (Å²) in [5.41, 5.74) is 2.27. The molecule has 2 aromatic rings. The zero-order chi connectivity index (χ0) is 11.7. The number of nitrogens with zero attached hydrogens (tertiary/aromatic N) is 2. The molecule has 4 heteroatoms. The molecule has 3 rings (SSSR count). The lowest BCUT2D eigenvalue weighted by Crippen LogP contribution is -2.09. The van der Waals surface area contributed by atoms with Crippen molar-refractivity contribution in [2.24, 2.45) is 5.41 Å². The standard InChI is InChI=1S/C13H14N2OS/c16-9-13(3-4-13)7-12-15-11(8-17-12)10-1-5-14-6-2-10/h1-2,5-6,8,16H,3-4,7,9H2. The van der Waals surface area contributed by atoms with Gasteiger partial charge in [0.2, 0.25) is 0 Å².